The minimum atomic E-state index is -0.0691. The SMILES string of the molecule is CCC(C)(C)NCC(=O)Nc1ccc2c(c1)OCO2. The van der Waals surface area contributed by atoms with Gasteiger partial charge in [-0.15, -0.1) is 0 Å². The zero-order valence-corrected chi connectivity index (χ0v) is 11.6. The first-order chi connectivity index (χ1) is 9.00. The third kappa shape index (κ3) is 3.61. The monoisotopic (exact) mass is 264 g/mol. The second kappa shape index (κ2) is 5.48. The lowest BCUT2D eigenvalue weighted by Crippen LogP contribution is -2.43. The van der Waals surface area contributed by atoms with Gasteiger partial charge in [-0.25, -0.2) is 0 Å². The van der Waals surface area contributed by atoms with Crippen LogP contribution in [0.15, 0.2) is 18.2 Å². The molecule has 1 aromatic carbocycles. The van der Waals surface area contributed by atoms with E-state index in [1.807, 2.05) is 0 Å². The highest BCUT2D eigenvalue weighted by atomic mass is 16.7. The molecule has 1 heterocycles. The van der Waals surface area contributed by atoms with E-state index in [1.165, 1.54) is 0 Å². The number of benzene rings is 1. The number of fused-ring (bicyclic) bond motifs is 1. The number of carbonyl (C=O) groups is 1. The van der Waals surface area contributed by atoms with Gasteiger partial charge < -0.3 is 20.1 Å². The van der Waals surface area contributed by atoms with E-state index in [0.717, 1.165) is 6.42 Å². The fourth-order valence-corrected chi connectivity index (χ4v) is 1.62. The van der Waals surface area contributed by atoms with E-state index in [1.54, 1.807) is 18.2 Å². The number of nitrogens with one attached hydrogen (secondary N) is 2. The summed E-state index contributed by atoms with van der Waals surface area (Å²) in [7, 11) is 0. The molecule has 0 unspecified atom stereocenters. The maximum Gasteiger partial charge on any atom is 0.238 e. The Morgan fingerprint density at radius 3 is 2.79 bits per heavy atom. The predicted molar refractivity (Wildman–Crippen MR) is 73.6 cm³/mol. The van der Waals surface area contributed by atoms with Crippen molar-refractivity contribution in [2.75, 3.05) is 18.7 Å². The first-order valence-electron chi connectivity index (χ1n) is 6.45. The number of ether oxygens (including phenoxy) is 2. The molecule has 0 atom stereocenters. The second-order valence-electron chi connectivity index (χ2n) is 5.21. The molecule has 1 aromatic rings. The summed E-state index contributed by atoms with van der Waals surface area (Å²) in [6.45, 7) is 6.75. The lowest BCUT2D eigenvalue weighted by Gasteiger charge is -2.24. The van der Waals surface area contributed by atoms with Crippen LogP contribution in [0, 0.1) is 0 Å². The summed E-state index contributed by atoms with van der Waals surface area (Å²) in [5.41, 5.74) is 0.678. The van der Waals surface area contributed by atoms with Crippen LogP contribution in [-0.2, 0) is 4.79 Å². The molecule has 104 valence electrons. The zero-order chi connectivity index (χ0) is 13.9. The summed E-state index contributed by atoms with van der Waals surface area (Å²) in [6, 6.07) is 5.36. The minimum absolute atomic E-state index is 0.0355. The van der Waals surface area contributed by atoms with Gasteiger partial charge in [0.2, 0.25) is 12.7 Å². The van der Waals surface area contributed by atoms with Crippen LogP contribution in [-0.4, -0.2) is 24.8 Å². The number of hydrogen-bond donors (Lipinski definition) is 2. The molecule has 0 spiro atoms. The van der Waals surface area contributed by atoms with Gasteiger partial charge in [-0.05, 0) is 32.4 Å². The summed E-state index contributed by atoms with van der Waals surface area (Å²) in [5.74, 6) is 1.31. The van der Waals surface area contributed by atoms with Crippen LogP contribution in [0.2, 0.25) is 0 Å². The molecule has 0 bridgehead atoms. The van der Waals surface area contributed by atoms with E-state index in [4.69, 9.17) is 9.47 Å². The first-order valence-corrected chi connectivity index (χ1v) is 6.45. The number of anilines is 1. The van der Waals surface area contributed by atoms with Crippen molar-refractivity contribution in [3.05, 3.63) is 18.2 Å². The third-order valence-electron chi connectivity index (χ3n) is 3.27. The lowest BCUT2D eigenvalue weighted by molar-refractivity contribution is -0.115. The lowest BCUT2D eigenvalue weighted by atomic mass is 10.0. The standard InChI is InChI=1S/C14H20N2O3/c1-4-14(2,3)15-8-13(17)16-10-5-6-11-12(7-10)19-9-18-11/h5-7,15H,4,8-9H2,1-3H3,(H,16,17). The molecule has 2 N–H and O–H groups in total. The van der Waals surface area contributed by atoms with Crippen LogP contribution in [0.25, 0.3) is 0 Å². The van der Waals surface area contributed by atoms with E-state index >= 15 is 0 Å². The molecule has 1 amide bonds. The largest absolute Gasteiger partial charge is 0.454 e. The Morgan fingerprint density at radius 1 is 1.32 bits per heavy atom. The van der Waals surface area contributed by atoms with Crippen LogP contribution in [0.4, 0.5) is 5.69 Å². The van der Waals surface area contributed by atoms with Crippen molar-refractivity contribution in [2.45, 2.75) is 32.7 Å². The maximum atomic E-state index is 11.8. The van der Waals surface area contributed by atoms with E-state index in [0.29, 0.717) is 17.2 Å². The van der Waals surface area contributed by atoms with Crippen molar-refractivity contribution in [2.24, 2.45) is 0 Å². The van der Waals surface area contributed by atoms with Crippen LogP contribution in [0.5, 0.6) is 11.5 Å². The average Bonchev–Trinajstić information content (AvgIpc) is 2.84. The Hall–Kier alpha value is -1.75. The van der Waals surface area contributed by atoms with Crippen LogP contribution >= 0.6 is 0 Å². The second-order valence-corrected chi connectivity index (χ2v) is 5.21. The van der Waals surface area contributed by atoms with Gasteiger partial charge in [-0.2, -0.15) is 0 Å². The highest BCUT2D eigenvalue weighted by Crippen LogP contribution is 2.34. The average molecular weight is 264 g/mol. The molecule has 0 radical (unpaired) electrons. The Labute approximate surface area is 113 Å². The quantitative estimate of drug-likeness (QED) is 0.855. The third-order valence-corrected chi connectivity index (χ3v) is 3.27. The fraction of sp³-hybridized carbons (Fsp3) is 0.500. The molecule has 1 aliphatic heterocycles. The van der Waals surface area contributed by atoms with E-state index in [9.17, 15) is 4.79 Å². The van der Waals surface area contributed by atoms with Crippen molar-refractivity contribution in [3.63, 3.8) is 0 Å². The highest BCUT2D eigenvalue weighted by Gasteiger charge is 2.17. The molecule has 1 aliphatic rings. The number of hydrogen-bond acceptors (Lipinski definition) is 4. The van der Waals surface area contributed by atoms with Crippen molar-refractivity contribution in [3.8, 4) is 11.5 Å². The summed E-state index contributed by atoms with van der Waals surface area (Å²) in [4.78, 5) is 11.8. The summed E-state index contributed by atoms with van der Waals surface area (Å²) in [5, 5.41) is 6.04. The van der Waals surface area contributed by atoms with E-state index in [2.05, 4.69) is 31.4 Å². The normalized spacial score (nSPS) is 13.4. The molecule has 5 nitrogen and oxygen atoms in total. The Morgan fingerprint density at radius 2 is 2.05 bits per heavy atom. The summed E-state index contributed by atoms with van der Waals surface area (Å²) in [6.07, 6.45) is 0.963. The fourth-order valence-electron chi connectivity index (χ4n) is 1.62. The van der Waals surface area contributed by atoms with Gasteiger partial charge in [-0.3, -0.25) is 4.79 Å². The van der Waals surface area contributed by atoms with E-state index < -0.39 is 0 Å². The molecular formula is C14H20N2O3. The molecule has 0 fully saturated rings. The number of amides is 1. The topological polar surface area (TPSA) is 59.6 Å². The van der Waals surface area contributed by atoms with Gasteiger partial charge in [0.1, 0.15) is 0 Å². The van der Waals surface area contributed by atoms with Gasteiger partial charge in [0.15, 0.2) is 11.5 Å². The van der Waals surface area contributed by atoms with Crippen LogP contribution in [0.3, 0.4) is 0 Å². The van der Waals surface area contributed by atoms with Crippen molar-refractivity contribution >= 4 is 11.6 Å². The molecule has 0 aromatic heterocycles. The zero-order valence-electron chi connectivity index (χ0n) is 11.6. The van der Waals surface area contributed by atoms with Gasteiger partial charge >= 0.3 is 0 Å². The Kier molecular flexibility index (Phi) is 3.95. The highest BCUT2D eigenvalue weighted by molar-refractivity contribution is 5.92. The molecule has 0 saturated heterocycles. The Bertz CT molecular complexity index is 472. The number of rotatable bonds is 5. The van der Waals surface area contributed by atoms with Gasteiger partial charge in [0.25, 0.3) is 0 Å². The number of carbonyl (C=O) groups excluding carboxylic acids is 1. The molecular weight excluding hydrogens is 244 g/mol. The van der Waals surface area contributed by atoms with Gasteiger partial charge in [-0.1, -0.05) is 6.92 Å². The molecule has 0 aliphatic carbocycles. The van der Waals surface area contributed by atoms with Crippen molar-refractivity contribution < 1.29 is 14.3 Å². The van der Waals surface area contributed by atoms with Gasteiger partial charge in [0, 0.05) is 17.3 Å². The molecule has 2 rings (SSSR count). The molecule has 0 saturated carbocycles. The predicted octanol–water partition coefficient (Wildman–Crippen LogP) is 2.13. The van der Waals surface area contributed by atoms with Crippen molar-refractivity contribution in [1.29, 1.82) is 0 Å². The summed E-state index contributed by atoms with van der Waals surface area (Å²) < 4.78 is 10.5. The molecule has 19 heavy (non-hydrogen) atoms. The minimum Gasteiger partial charge on any atom is -0.454 e. The first kappa shape index (κ1) is 13.7. The van der Waals surface area contributed by atoms with Gasteiger partial charge in [0.05, 0.1) is 6.54 Å². The van der Waals surface area contributed by atoms with Crippen LogP contribution < -0.4 is 20.1 Å². The Balaban J connectivity index is 1.89. The summed E-state index contributed by atoms with van der Waals surface area (Å²) >= 11 is 0. The van der Waals surface area contributed by atoms with Crippen molar-refractivity contribution in [1.82, 2.24) is 5.32 Å². The smallest absolute Gasteiger partial charge is 0.238 e. The maximum absolute atomic E-state index is 11.8. The molecule has 5 heteroatoms. The van der Waals surface area contributed by atoms with E-state index in [-0.39, 0.29) is 24.8 Å². The van der Waals surface area contributed by atoms with Crippen LogP contribution in [0.1, 0.15) is 27.2 Å².